The van der Waals surface area contributed by atoms with Gasteiger partial charge in [-0.25, -0.2) is 4.98 Å². The molecule has 3 nitrogen and oxygen atoms in total. The second-order valence-corrected chi connectivity index (χ2v) is 7.22. The molecule has 1 fully saturated rings. The summed E-state index contributed by atoms with van der Waals surface area (Å²) in [5.74, 6) is 1.99. The van der Waals surface area contributed by atoms with Gasteiger partial charge in [0.1, 0.15) is 5.82 Å². The highest BCUT2D eigenvalue weighted by Crippen LogP contribution is 2.40. The van der Waals surface area contributed by atoms with Crippen molar-refractivity contribution in [3.05, 3.63) is 55.3 Å². The molecule has 0 atom stereocenters. The van der Waals surface area contributed by atoms with Crippen LogP contribution < -0.4 is 5.56 Å². The summed E-state index contributed by atoms with van der Waals surface area (Å²) < 4.78 is 0.759. The first kappa shape index (κ1) is 14.1. The molecule has 20 heavy (non-hydrogen) atoms. The van der Waals surface area contributed by atoms with E-state index in [2.05, 4.69) is 63.7 Å². The number of aryl methyl sites for hydroxylation is 1. The molecule has 5 heteroatoms. The summed E-state index contributed by atoms with van der Waals surface area (Å²) >= 11 is 3.82. The maximum atomic E-state index is 11.9. The smallest absolute Gasteiger partial charge is 0.264 e. The van der Waals surface area contributed by atoms with Crippen molar-refractivity contribution in [2.45, 2.75) is 36.3 Å². The minimum atomic E-state index is 0.00217. The maximum absolute atomic E-state index is 11.9. The normalized spacial score (nSPS) is 14.5. The predicted octanol–water partition coefficient (Wildman–Crippen LogP) is 3.85. The molecule has 1 N–H and O–H groups in total. The number of rotatable bonds is 4. The van der Waals surface area contributed by atoms with E-state index in [0.717, 1.165) is 27.9 Å². The number of aromatic amines is 1. The largest absolute Gasteiger partial charge is 0.309 e. The highest BCUT2D eigenvalue weighted by molar-refractivity contribution is 14.1. The fourth-order valence-electron chi connectivity index (χ4n) is 2.08. The molecule has 1 aromatic heterocycles. The van der Waals surface area contributed by atoms with Gasteiger partial charge >= 0.3 is 0 Å². The van der Waals surface area contributed by atoms with E-state index in [1.165, 1.54) is 10.5 Å². The first-order valence-electron chi connectivity index (χ1n) is 6.61. The number of nitrogens with one attached hydrogen (secondary N) is 1. The number of hydrogen-bond acceptors (Lipinski definition) is 3. The molecule has 1 aliphatic rings. The topological polar surface area (TPSA) is 45.8 Å². The van der Waals surface area contributed by atoms with E-state index >= 15 is 0 Å². The quantitative estimate of drug-likeness (QED) is 0.629. The summed E-state index contributed by atoms with van der Waals surface area (Å²) in [6.07, 6.45) is 2.33. The lowest BCUT2D eigenvalue weighted by Gasteiger charge is -2.06. The van der Waals surface area contributed by atoms with Crippen molar-refractivity contribution in [3.8, 4) is 0 Å². The molecule has 0 amide bonds. The van der Waals surface area contributed by atoms with Gasteiger partial charge in [-0.15, -0.1) is 11.8 Å². The Morgan fingerprint density at radius 3 is 2.95 bits per heavy atom. The molecule has 0 spiro atoms. The van der Waals surface area contributed by atoms with Gasteiger partial charge in [-0.2, -0.15) is 0 Å². The molecule has 0 bridgehead atoms. The van der Waals surface area contributed by atoms with Crippen LogP contribution in [0.2, 0.25) is 0 Å². The molecule has 0 radical (unpaired) electrons. The average Bonchev–Trinajstić information content (AvgIpc) is 3.24. The SMILES string of the molecule is Cc1cccc(SCc2nc(C3CC3)c(I)c(=O)[nH]2)c1. The Morgan fingerprint density at radius 1 is 1.45 bits per heavy atom. The van der Waals surface area contributed by atoms with Gasteiger partial charge in [0.15, 0.2) is 0 Å². The van der Waals surface area contributed by atoms with E-state index in [4.69, 9.17) is 0 Å². The van der Waals surface area contributed by atoms with Crippen molar-refractivity contribution in [1.82, 2.24) is 9.97 Å². The molecule has 1 heterocycles. The van der Waals surface area contributed by atoms with Gasteiger partial charge in [-0.05, 0) is 54.5 Å². The summed E-state index contributed by atoms with van der Waals surface area (Å²) in [5, 5.41) is 0. The third kappa shape index (κ3) is 3.25. The van der Waals surface area contributed by atoms with Gasteiger partial charge in [0, 0.05) is 10.8 Å². The van der Waals surface area contributed by atoms with Crippen LogP contribution in [-0.2, 0) is 5.75 Å². The summed E-state index contributed by atoms with van der Waals surface area (Å²) in [7, 11) is 0. The first-order chi connectivity index (χ1) is 9.63. The van der Waals surface area contributed by atoms with Crippen LogP contribution in [0.15, 0.2) is 34.0 Å². The minimum Gasteiger partial charge on any atom is -0.309 e. The molecule has 1 saturated carbocycles. The van der Waals surface area contributed by atoms with Crippen molar-refractivity contribution < 1.29 is 0 Å². The number of nitrogens with zero attached hydrogens (tertiary/aromatic N) is 1. The minimum absolute atomic E-state index is 0.00217. The van der Waals surface area contributed by atoms with Crippen LogP contribution >= 0.6 is 34.4 Å². The fraction of sp³-hybridized carbons (Fsp3) is 0.333. The van der Waals surface area contributed by atoms with Crippen LogP contribution in [0.25, 0.3) is 0 Å². The van der Waals surface area contributed by atoms with Crippen molar-refractivity contribution in [2.75, 3.05) is 0 Å². The molecule has 1 aromatic carbocycles. The third-order valence-corrected chi connectivity index (χ3v) is 5.31. The zero-order valence-corrected chi connectivity index (χ0v) is 14.1. The lowest BCUT2D eigenvalue weighted by atomic mass is 10.2. The number of benzene rings is 1. The third-order valence-electron chi connectivity index (χ3n) is 3.27. The Balaban J connectivity index is 1.79. The van der Waals surface area contributed by atoms with E-state index in [1.807, 2.05) is 0 Å². The average molecular weight is 398 g/mol. The second kappa shape index (κ2) is 5.89. The molecular formula is C15H15IN2OS. The van der Waals surface area contributed by atoms with E-state index in [-0.39, 0.29) is 5.56 Å². The maximum Gasteiger partial charge on any atom is 0.264 e. The summed E-state index contributed by atoms with van der Waals surface area (Å²) in [4.78, 5) is 20.7. The molecule has 0 saturated heterocycles. The highest BCUT2D eigenvalue weighted by atomic mass is 127. The Morgan fingerprint density at radius 2 is 2.25 bits per heavy atom. The van der Waals surface area contributed by atoms with Gasteiger partial charge in [-0.1, -0.05) is 17.7 Å². The van der Waals surface area contributed by atoms with Crippen molar-refractivity contribution in [1.29, 1.82) is 0 Å². The van der Waals surface area contributed by atoms with Gasteiger partial charge < -0.3 is 4.98 Å². The van der Waals surface area contributed by atoms with E-state index in [9.17, 15) is 4.79 Å². The van der Waals surface area contributed by atoms with E-state index < -0.39 is 0 Å². The molecular weight excluding hydrogens is 383 g/mol. The van der Waals surface area contributed by atoms with Crippen molar-refractivity contribution in [3.63, 3.8) is 0 Å². The summed E-state index contributed by atoms with van der Waals surface area (Å²) in [6.45, 7) is 2.08. The number of H-pyrrole nitrogens is 1. The number of thioether (sulfide) groups is 1. The number of aromatic nitrogens is 2. The van der Waals surface area contributed by atoms with Gasteiger partial charge in [0.05, 0.1) is 15.0 Å². The molecule has 0 unspecified atom stereocenters. The Kier molecular flexibility index (Phi) is 4.16. The fourth-order valence-corrected chi connectivity index (χ4v) is 3.66. The van der Waals surface area contributed by atoms with Crippen LogP contribution in [-0.4, -0.2) is 9.97 Å². The second-order valence-electron chi connectivity index (χ2n) is 5.09. The Hall–Kier alpha value is -0.820. The number of hydrogen-bond donors (Lipinski definition) is 1. The van der Waals surface area contributed by atoms with Crippen molar-refractivity contribution in [2.24, 2.45) is 0 Å². The van der Waals surface area contributed by atoms with Crippen LogP contribution in [0.1, 0.15) is 35.8 Å². The monoisotopic (exact) mass is 398 g/mol. The zero-order valence-electron chi connectivity index (χ0n) is 11.1. The van der Waals surface area contributed by atoms with Crippen LogP contribution in [0.4, 0.5) is 0 Å². The van der Waals surface area contributed by atoms with Crippen molar-refractivity contribution >= 4 is 34.4 Å². The Labute approximate surface area is 135 Å². The number of halogens is 1. The first-order valence-corrected chi connectivity index (χ1v) is 8.68. The molecule has 1 aliphatic carbocycles. The van der Waals surface area contributed by atoms with Gasteiger partial charge in [-0.3, -0.25) is 4.79 Å². The van der Waals surface area contributed by atoms with Crippen LogP contribution in [0.3, 0.4) is 0 Å². The summed E-state index contributed by atoms with van der Waals surface area (Å²) in [5.41, 5.74) is 2.24. The standard InChI is InChI=1S/C15H15IN2OS/c1-9-3-2-4-11(7-9)20-8-12-17-14(10-5-6-10)13(16)15(19)18-12/h2-4,7,10H,5-6,8H2,1H3,(H,17,18,19). The van der Waals surface area contributed by atoms with Gasteiger partial charge in [0.25, 0.3) is 5.56 Å². The van der Waals surface area contributed by atoms with Gasteiger partial charge in [0.2, 0.25) is 0 Å². The molecule has 0 aliphatic heterocycles. The van der Waals surface area contributed by atoms with E-state index in [1.54, 1.807) is 11.8 Å². The van der Waals surface area contributed by atoms with Crippen LogP contribution in [0.5, 0.6) is 0 Å². The zero-order chi connectivity index (χ0) is 14.1. The molecule has 2 aromatic rings. The Bertz CT molecular complexity index is 695. The lowest BCUT2D eigenvalue weighted by molar-refractivity contribution is 0.897. The van der Waals surface area contributed by atoms with Crippen LogP contribution in [0, 0.1) is 10.5 Å². The predicted molar refractivity (Wildman–Crippen MR) is 90.3 cm³/mol. The highest BCUT2D eigenvalue weighted by Gasteiger charge is 2.28. The van der Waals surface area contributed by atoms with E-state index in [0.29, 0.717) is 11.7 Å². The molecule has 3 rings (SSSR count). The lowest BCUT2D eigenvalue weighted by Crippen LogP contribution is -2.17. The summed E-state index contributed by atoms with van der Waals surface area (Å²) in [6, 6.07) is 8.37. The molecule has 104 valence electrons.